The number of carbonyl (C=O) groups is 1. The van der Waals surface area contributed by atoms with Crippen LogP contribution in [0, 0.1) is 0 Å². The Bertz CT molecular complexity index is 750. The summed E-state index contributed by atoms with van der Waals surface area (Å²) in [7, 11) is 1.85. The third kappa shape index (κ3) is 3.72. The van der Waals surface area contributed by atoms with Gasteiger partial charge in [-0.1, -0.05) is 40.2 Å². The first-order valence-electron chi connectivity index (χ1n) is 8.42. The SMILES string of the molecule is CN1C(=O)C(C)(c2ccc(OCCCCBr)cc2)Sc2ccccc21. The van der Waals surface area contributed by atoms with Gasteiger partial charge in [-0.25, -0.2) is 0 Å². The molecule has 0 radical (unpaired) electrons. The number of nitrogens with zero attached hydrogens (tertiary/aromatic N) is 1. The number of ether oxygens (including phenoxy) is 1. The Hall–Kier alpha value is -1.46. The molecule has 1 atom stereocenters. The first kappa shape index (κ1) is 18.3. The number of anilines is 1. The normalized spacial score (nSPS) is 19.6. The number of rotatable bonds is 6. The van der Waals surface area contributed by atoms with E-state index >= 15 is 0 Å². The third-order valence-corrected chi connectivity index (χ3v) is 6.40. The summed E-state index contributed by atoms with van der Waals surface area (Å²) in [5.74, 6) is 0.950. The Morgan fingerprint density at radius 1 is 1.12 bits per heavy atom. The smallest absolute Gasteiger partial charge is 0.247 e. The Morgan fingerprint density at radius 3 is 2.56 bits per heavy atom. The molecule has 1 unspecified atom stereocenters. The van der Waals surface area contributed by atoms with Crippen LogP contribution in [0.4, 0.5) is 5.69 Å². The molecule has 3 rings (SSSR count). The minimum Gasteiger partial charge on any atom is -0.494 e. The van der Waals surface area contributed by atoms with Crippen molar-refractivity contribution in [1.82, 2.24) is 0 Å². The van der Waals surface area contributed by atoms with Gasteiger partial charge in [0.05, 0.1) is 12.3 Å². The molecule has 1 aliphatic rings. The summed E-state index contributed by atoms with van der Waals surface area (Å²) < 4.78 is 5.14. The lowest BCUT2D eigenvalue weighted by Gasteiger charge is -2.38. The van der Waals surface area contributed by atoms with Crippen molar-refractivity contribution >= 4 is 39.3 Å². The number of benzene rings is 2. The molecule has 0 fully saturated rings. The maximum atomic E-state index is 13.0. The lowest BCUT2D eigenvalue weighted by atomic mass is 9.97. The van der Waals surface area contributed by atoms with Crippen LogP contribution in [0.15, 0.2) is 53.4 Å². The summed E-state index contributed by atoms with van der Waals surface area (Å²) in [6, 6.07) is 16.0. The van der Waals surface area contributed by atoms with E-state index in [4.69, 9.17) is 4.74 Å². The van der Waals surface area contributed by atoms with E-state index in [2.05, 4.69) is 22.0 Å². The maximum Gasteiger partial charge on any atom is 0.247 e. The van der Waals surface area contributed by atoms with Crippen LogP contribution in [0.3, 0.4) is 0 Å². The van der Waals surface area contributed by atoms with Crippen LogP contribution in [0.2, 0.25) is 0 Å². The van der Waals surface area contributed by atoms with Crippen LogP contribution in [0.5, 0.6) is 5.75 Å². The van der Waals surface area contributed by atoms with Gasteiger partial charge in [-0.2, -0.15) is 0 Å². The van der Waals surface area contributed by atoms with Gasteiger partial charge in [0, 0.05) is 17.3 Å². The second kappa shape index (κ2) is 7.83. The Labute approximate surface area is 161 Å². The van der Waals surface area contributed by atoms with Crippen molar-refractivity contribution in [2.75, 3.05) is 23.9 Å². The van der Waals surface area contributed by atoms with Crippen molar-refractivity contribution in [1.29, 1.82) is 0 Å². The number of carbonyl (C=O) groups excluding carboxylic acids is 1. The second-order valence-electron chi connectivity index (χ2n) is 6.24. The van der Waals surface area contributed by atoms with Gasteiger partial charge in [0.2, 0.25) is 5.91 Å². The van der Waals surface area contributed by atoms with Crippen LogP contribution in [-0.2, 0) is 9.54 Å². The summed E-state index contributed by atoms with van der Waals surface area (Å²) in [4.78, 5) is 15.9. The zero-order valence-electron chi connectivity index (χ0n) is 14.5. The monoisotopic (exact) mass is 419 g/mol. The number of unbranched alkanes of at least 4 members (excludes halogenated alkanes) is 1. The lowest BCUT2D eigenvalue weighted by Crippen LogP contribution is -2.44. The molecule has 0 bridgehead atoms. The molecule has 0 N–H and O–H groups in total. The van der Waals surface area contributed by atoms with Crippen LogP contribution in [0.1, 0.15) is 25.3 Å². The number of halogens is 1. The van der Waals surface area contributed by atoms with E-state index in [0.29, 0.717) is 6.61 Å². The minimum atomic E-state index is -0.627. The average Bonchev–Trinajstić information content (AvgIpc) is 2.64. The Morgan fingerprint density at radius 2 is 1.84 bits per heavy atom. The zero-order valence-corrected chi connectivity index (χ0v) is 16.9. The van der Waals surface area contributed by atoms with Crippen molar-refractivity contribution in [3.05, 3.63) is 54.1 Å². The highest BCUT2D eigenvalue weighted by molar-refractivity contribution is 9.09. The number of likely N-dealkylation sites (N-methyl/N-ethyl adjacent to an activating group) is 1. The van der Waals surface area contributed by atoms with E-state index in [-0.39, 0.29) is 5.91 Å². The second-order valence-corrected chi connectivity index (χ2v) is 8.49. The predicted molar refractivity (Wildman–Crippen MR) is 108 cm³/mol. The summed E-state index contributed by atoms with van der Waals surface area (Å²) in [6.07, 6.45) is 2.13. The number of thioether (sulfide) groups is 1. The van der Waals surface area contributed by atoms with Crippen molar-refractivity contribution in [2.45, 2.75) is 29.4 Å². The average molecular weight is 420 g/mol. The van der Waals surface area contributed by atoms with Gasteiger partial charge in [-0.3, -0.25) is 4.79 Å². The molecule has 3 nitrogen and oxygen atoms in total. The standard InChI is InChI=1S/C20H22BrNO2S/c1-20(15-9-11-16(12-10-15)24-14-6-5-13-21)19(23)22(2)17-7-3-4-8-18(17)25-20/h3-4,7-12H,5-6,13-14H2,1-2H3. The van der Waals surface area contributed by atoms with E-state index in [9.17, 15) is 4.79 Å². The molecule has 2 aromatic carbocycles. The summed E-state index contributed by atoms with van der Waals surface area (Å²) in [5, 5.41) is 1.00. The molecule has 25 heavy (non-hydrogen) atoms. The van der Waals surface area contributed by atoms with E-state index in [1.165, 1.54) is 0 Å². The summed E-state index contributed by atoms with van der Waals surface area (Å²) in [6.45, 7) is 2.71. The molecule has 1 aliphatic heterocycles. The molecule has 0 saturated carbocycles. The van der Waals surface area contributed by atoms with E-state index in [1.54, 1.807) is 16.7 Å². The van der Waals surface area contributed by atoms with Crippen LogP contribution in [-0.4, -0.2) is 24.9 Å². The number of fused-ring (bicyclic) bond motifs is 1. The molecule has 0 saturated heterocycles. The van der Waals surface area contributed by atoms with Gasteiger partial charge in [0.15, 0.2) is 0 Å². The molecule has 0 aromatic heterocycles. The maximum absolute atomic E-state index is 13.0. The van der Waals surface area contributed by atoms with E-state index in [0.717, 1.165) is 40.1 Å². The summed E-state index contributed by atoms with van der Waals surface area (Å²) >= 11 is 5.04. The van der Waals surface area contributed by atoms with Gasteiger partial charge < -0.3 is 9.64 Å². The molecule has 1 amide bonds. The topological polar surface area (TPSA) is 29.5 Å². The number of hydrogen-bond acceptors (Lipinski definition) is 3. The first-order chi connectivity index (χ1) is 12.1. The molecular weight excluding hydrogens is 398 g/mol. The predicted octanol–water partition coefficient (Wildman–Crippen LogP) is 5.22. The van der Waals surface area contributed by atoms with Gasteiger partial charge in [0.1, 0.15) is 10.5 Å². The Kier molecular flexibility index (Phi) is 5.74. The lowest BCUT2D eigenvalue weighted by molar-refractivity contribution is -0.120. The largest absolute Gasteiger partial charge is 0.494 e. The van der Waals surface area contributed by atoms with Crippen molar-refractivity contribution in [3.8, 4) is 5.75 Å². The number of amides is 1. The van der Waals surface area contributed by atoms with Crippen molar-refractivity contribution in [3.63, 3.8) is 0 Å². The fraction of sp³-hybridized carbons (Fsp3) is 0.350. The quantitative estimate of drug-likeness (QED) is 0.474. The molecule has 1 heterocycles. The van der Waals surface area contributed by atoms with Crippen LogP contribution in [0.25, 0.3) is 0 Å². The number of para-hydroxylation sites is 1. The fourth-order valence-corrected chi connectivity index (χ4v) is 4.72. The van der Waals surface area contributed by atoms with Gasteiger partial charge in [-0.15, -0.1) is 11.8 Å². The zero-order chi connectivity index (χ0) is 17.9. The molecule has 5 heteroatoms. The van der Waals surface area contributed by atoms with Gasteiger partial charge in [0.25, 0.3) is 0 Å². The summed E-state index contributed by atoms with van der Waals surface area (Å²) in [5.41, 5.74) is 1.97. The van der Waals surface area contributed by atoms with Crippen molar-refractivity contribution < 1.29 is 9.53 Å². The fourth-order valence-electron chi connectivity index (χ4n) is 2.95. The van der Waals surface area contributed by atoms with Gasteiger partial charge in [-0.05, 0) is 49.6 Å². The highest BCUT2D eigenvalue weighted by Gasteiger charge is 2.43. The van der Waals surface area contributed by atoms with Crippen molar-refractivity contribution in [2.24, 2.45) is 0 Å². The molecule has 2 aromatic rings. The van der Waals surface area contributed by atoms with Gasteiger partial charge >= 0.3 is 0 Å². The molecule has 0 spiro atoms. The first-order valence-corrected chi connectivity index (χ1v) is 10.4. The number of hydrogen-bond donors (Lipinski definition) is 0. The highest BCUT2D eigenvalue weighted by Crippen LogP contribution is 2.50. The molecule has 0 aliphatic carbocycles. The third-order valence-electron chi connectivity index (χ3n) is 4.46. The Balaban J connectivity index is 1.80. The molecule has 132 valence electrons. The van der Waals surface area contributed by atoms with Crippen LogP contribution < -0.4 is 9.64 Å². The highest BCUT2D eigenvalue weighted by atomic mass is 79.9. The van der Waals surface area contributed by atoms with E-state index in [1.807, 2.05) is 56.4 Å². The van der Waals surface area contributed by atoms with Crippen LogP contribution >= 0.6 is 27.7 Å². The minimum absolute atomic E-state index is 0.0992. The molecular formula is C20H22BrNO2S. The van der Waals surface area contributed by atoms with E-state index < -0.39 is 4.75 Å². The number of alkyl halides is 1.